The van der Waals surface area contributed by atoms with Gasteiger partial charge in [0.2, 0.25) is 0 Å². The number of carbonyl (C=O) groups is 2. The molecule has 2 amide bonds. The molecule has 0 saturated heterocycles. The highest BCUT2D eigenvalue weighted by atomic mass is 79.9. The number of benzene rings is 4. The summed E-state index contributed by atoms with van der Waals surface area (Å²) in [5.74, 6) is -0.669. The summed E-state index contributed by atoms with van der Waals surface area (Å²) >= 11 is 8.66. The average molecular weight is 545 g/mol. The van der Waals surface area contributed by atoms with Gasteiger partial charge in [0.05, 0.1) is 16.8 Å². The Morgan fingerprint density at radius 1 is 0.600 bits per heavy atom. The van der Waals surface area contributed by atoms with E-state index in [0.717, 1.165) is 11.4 Å². The molecule has 0 aliphatic rings. The summed E-state index contributed by atoms with van der Waals surface area (Å²) in [7, 11) is 0. The Kier molecular flexibility index (Phi) is 7.87. The summed E-state index contributed by atoms with van der Waals surface area (Å²) in [5, 5.41) is 11.9. The van der Waals surface area contributed by atoms with Gasteiger partial charge in [-0.15, -0.1) is 0 Å². The van der Waals surface area contributed by atoms with Crippen molar-refractivity contribution < 1.29 is 9.59 Å². The van der Waals surface area contributed by atoms with Crippen molar-refractivity contribution in [3.05, 3.63) is 119 Å². The third-order valence-corrected chi connectivity index (χ3v) is 5.87. The molecule has 0 aromatic heterocycles. The molecule has 0 fully saturated rings. The first kappa shape index (κ1) is 24.1. The van der Waals surface area contributed by atoms with Gasteiger partial charge in [-0.2, -0.15) is 0 Å². The Bertz CT molecular complexity index is 1360. The molecule has 174 valence electrons. The summed E-state index contributed by atoms with van der Waals surface area (Å²) < 4.78 is 0.657. The topological polar surface area (TPSA) is 82.3 Å². The van der Waals surface area contributed by atoms with Gasteiger partial charge in [-0.3, -0.25) is 14.9 Å². The van der Waals surface area contributed by atoms with Crippen molar-refractivity contribution >= 4 is 67.8 Å². The van der Waals surface area contributed by atoms with Crippen LogP contribution >= 0.6 is 28.1 Å². The summed E-state index contributed by atoms with van der Waals surface area (Å²) in [6.45, 7) is 0. The third kappa shape index (κ3) is 6.53. The van der Waals surface area contributed by atoms with Crippen LogP contribution < -0.4 is 21.3 Å². The van der Waals surface area contributed by atoms with Gasteiger partial charge in [0, 0.05) is 21.5 Å². The fourth-order valence-corrected chi connectivity index (χ4v) is 3.95. The van der Waals surface area contributed by atoms with Crippen molar-refractivity contribution in [3.8, 4) is 0 Å². The zero-order valence-electron chi connectivity index (χ0n) is 18.4. The van der Waals surface area contributed by atoms with E-state index >= 15 is 0 Å². The van der Waals surface area contributed by atoms with E-state index in [1.54, 1.807) is 42.5 Å². The normalized spacial score (nSPS) is 10.2. The van der Waals surface area contributed by atoms with E-state index in [2.05, 4.69) is 37.2 Å². The molecule has 8 heteroatoms. The molecule has 4 N–H and O–H groups in total. The summed E-state index contributed by atoms with van der Waals surface area (Å²) in [5.41, 5.74) is 3.84. The second kappa shape index (κ2) is 11.4. The largest absolute Gasteiger partial charge is 0.356 e. The second-order valence-electron chi connectivity index (χ2n) is 7.46. The Balaban J connectivity index is 1.40. The predicted octanol–water partition coefficient (Wildman–Crippen LogP) is 6.57. The number of rotatable bonds is 6. The van der Waals surface area contributed by atoms with E-state index in [4.69, 9.17) is 12.2 Å². The van der Waals surface area contributed by atoms with E-state index < -0.39 is 0 Å². The molecular weight excluding hydrogens is 524 g/mol. The molecule has 4 aromatic carbocycles. The highest BCUT2D eigenvalue weighted by molar-refractivity contribution is 9.10. The lowest BCUT2D eigenvalue weighted by molar-refractivity contribution is 0.0976. The third-order valence-electron chi connectivity index (χ3n) is 4.97. The van der Waals surface area contributed by atoms with Crippen LogP contribution in [-0.4, -0.2) is 16.9 Å². The van der Waals surface area contributed by atoms with Crippen molar-refractivity contribution in [2.45, 2.75) is 0 Å². The van der Waals surface area contributed by atoms with Gasteiger partial charge >= 0.3 is 0 Å². The fraction of sp³-hybridized carbons (Fsp3) is 0. The molecule has 4 rings (SSSR count). The quantitative estimate of drug-likeness (QED) is 0.206. The molecule has 0 atom stereocenters. The molecule has 35 heavy (non-hydrogen) atoms. The lowest BCUT2D eigenvalue weighted by Gasteiger charge is -2.14. The first-order valence-corrected chi connectivity index (χ1v) is 11.9. The number of hydrogen-bond acceptors (Lipinski definition) is 4. The van der Waals surface area contributed by atoms with Crippen molar-refractivity contribution in [3.63, 3.8) is 0 Å². The summed E-state index contributed by atoms with van der Waals surface area (Å²) in [6.07, 6.45) is 0. The van der Waals surface area contributed by atoms with Crippen LogP contribution in [0.1, 0.15) is 20.7 Å². The van der Waals surface area contributed by atoms with Crippen molar-refractivity contribution in [1.29, 1.82) is 0 Å². The van der Waals surface area contributed by atoms with Gasteiger partial charge in [0.1, 0.15) is 0 Å². The van der Waals surface area contributed by atoms with Gasteiger partial charge in [0.15, 0.2) is 5.11 Å². The van der Waals surface area contributed by atoms with Crippen LogP contribution in [0.2, 0.25) is 0 Å². The van der Waals surface area contributed by atoms with Crippen LogP contribution in [0.5, 0.6) is 0 Å². The molecule has 0 aliphatic heterocycles. The monoisotopic (exact) mass is 544 g/mol. The second-order valence-corrected chi connectivity index (χ2v) is 8.72. The molecule has 0 heterocycles. The molecule has 0 spiro atoms. The summed E-state index contributed by atoms with van der Waals surface area (Å²) in [4.78, 5) is 25.5. The lowest BCUT2D eigenvalue weighted by Crippen LogP contribution is -2.34. The van der Waals surface area contributed by atoms with Gasteiger partial charge in [-0.1, -0.05) is 42.5 Å². The molecule has 4 aromatic rings. The molecule has 6 nitrogen and oxygen atoms in total. The smallest absolute Gasteiger partial charge is 0.258 e. The maximum atomic E-state index is 13.0. The minimum absolute atomic E-state index is 0.0855. The van der Waals surface area contributed by atoms with Crippen molar-refractivity contribution in [2.75, 3.05) is 16.0 Å². The number of nitrogens with one attached hydrogen (secondary N) is 4. The zero-order valence-corrected chi connectivity index (χ0v) is 20.8. The lowest BCUT2D eigenvalue weighted by atomic mass is 10.1. The molecular formula is C27H21BrN4O2S. The Labute approximate surface area is 216 Å². The van der Waals surface area contributed by atoms with Crippen LogP contribution in [-0.2, 0) is 0 Å². The van der Waals surface area contributed by atoms with Gasteiger partial charge in [0.25, 0.3) is 11.8 Å². The minimum Gasteiger partial charge on any atom is -0.356 e. The molecule has 0 bridgehead atoms. The number of halogens is 1. The number of thiocarbonyl (C=S) groups is 1. The van der Waals surface area contributed by atoms with Crippen LogP contribution in [0.3, 0.4) is 0 Å². The van der Waals surface area contributed by atoms with Crippen LogP contribution in [0, 0.1) is 0 Å². The molecule has 0 saturated carbocycles. The van der Waals surface area contributed by atoms with Crippen LogP contribution in [0.25, 0.3) is 0 Å². The highest BCUT2D eigenvalue weighted by Gasteiger charge is 2.15. The van der Waals surface area contributed by atoms with Crippen molar-refractivity contribution in [2.24, 2.45) is 0 Å². The zero-order chi connectivity index (χ0) is 24.6. The standard InChI is InChI=1S/C27H21BrN4O2S/c28-23-12-6-4-10-21(23)25(33)32-27(35)31-24-13-7-5-11-22(24)26(34)30-20-16-14-19(15-17-20)29-18-8-2-1-3-9-18/h1-17,29H,(H,30,34)(H2,31,32,33,35). The number of hydrogen-bond donors (Lipinski definition) is 4. The van der Waals surface area contributed by atoms with E-state index in [1.807, 2.05) is 60.7 Å². The van der Waals surface area contributed by atoms with Crippen molar-refractivity contribution in [1.82, 2.24) is 5.32 Å². The highest BCUT2D eigenvalue weighted by Crippen LogP contribution is 2.21. The minimum atomic E-state index is -0.360. The SMILES string of the molecule is O=C(NC(=S)Nc1ccccc1C(=O)Nc1ccc(Nc2ccccc2)cc1)c1ccccc1Br. The maximum absolute atomic E-state index is 13.0. The Morgan fingerprint density at radius 2 is 1.17 bits per heavy atom. The molecule has 0 aliphatic carbocycles. The van der Waals surface area contributed by atoms with Crippen LogP contribution in [0.15, 0.2) is 108 Å². The number of anilines is 4. The number of para-hydroxylation sites is 2. The first-order chi connectivity index (χ1) is 17.0. The van der Waals surface area contributed by atoms with E-state index in [9.17, 15) is 9.59 Å². The maximum Gasteiger partial charge on any atom is 0.258 e. The number of amides is 2. The van der Waals surface area contributed by atoms with Gasteiger partial charge in [-0.25, -0.2) is 0 Å². The van der Waals surface area contributed by atoms with E-state index in [-0.39, 0.29) is 16.9 Å². The first-order valence-electron chi connectivity index (χ1n) is 10.7. The Morgan fingerprint density at radius 3 is 1.89 bits per heavy atom. The molecule has 0 unspecified atom stereocenters. The van der Waals surface area contributed by atoms with E-state index in [1.165, 1.54) is 0 Å². The summed E-state index contributed by atoms with van der Waals surface area (Å²) in [6, 6.07) is 31.2. The van der Waals surface area contributed by atoms with Gasteiger partial charge < -0.3 is 16.0 Å². The molecule has 0 radical (unpaired) electrons. The number of carbonyl (C=O) groups excluding carboxylic acids is 2. The van der Waals surface area contributed by atoms with Gasteiger partial charge in [-0.05, 0) is 88.8 Å². The van der Waals surface area contributed by atoms with E-state index in [0.29, 0.717) is 27.0 Å². The predicted molar refractivity (Wildman–Crippen MR) is 148 cm³/mol. The van der Waals surface area contributed by atoms with Crippen LogP contribution in [0.4, 0.5) is 22.7 Å². The average Bonchev–Trinajstić information content (AvgIpc) is 2.86. The Hall–Kier alpha value is -4.01. The fourth-order valence-electron chi connectivity index (χ4n) is 3.28.